The van der Waals surface area contributed by atoms with Gasteiger partial charge < -0.3 is 0 Å². The lowest BCUT2D eigenvalue weighted by atomic mass is 9.68. The first kappa shape index (κ1) is 12.9. The van der Waals surface area contributed by atoms with Crippen LogP contribution in [0, 0.1) is 10.8 Å². The molecule has 0 aromatic heterocycles. The van der Waals surface area contributed by atoms with E-state index in [2.05, 4.69) is 0 Å². The van der Waals surface area contributed by atoms with Crippen LogP contribution in [0.25, 0.3) is 0 Å². The van der Waals surface area contributed by atoms with Crippen molar-refractivity contribution in [2.24, 2.45) is 10.8 Å². The number of hydrogen-bond acceptors (Lipinski definition) is 0. The van der Waals surface area contributed by atoms with Crippen LogP contribution in [0.2, 0.25) is 0 Å². The summed E-state index contributed by atoms with van der Waals surface area (Å²) in [7, 11) is 0. The molecule has 0 amide bonds. The fourth-order valence-corrected chi connectivity index (χ4v) is 1.36. The topological polar surface area (TPSA) is 0 Å². The molecule has 0 aromatic rings. The molecule has 80 valence electrons. The van der Waals surface area contributed by atoms with E-state index in [-0.39, 0.29) is 0 Å². The molecular weight excluding hydrogens is 170 g/mol. The molecule has 13 heavy (non-hydrogen) atoms. The molecule has 0 saturated carbocycles. The van der Waals surface area contributed by atoms with E-state index in [0.717, 1.165) is 0 Å². The molecule has 0 atom stereocenters. The van der Waals surface area contributed by atoms with Crippen molar-refractivity contribution in [3.63, 3.8) is 0 Å². The Hall–Kier alpha value is -0.140. The molecule has 0 spiro atoms. The summed E-state index contributed by atoms with van der Waals surface area (Å²) >= 11 is 0. The molecule has 0 unspecified atom stereocenters. The molecule has 0 nitrogen and oxygen atoms in total. The van der Waals surface area contributed by atoms with Crippen molar-refractivity contribution in [3.8, 4) is 0 Å². The number of halogens is 2. The SMILES string of the molecule is CCC(C)(C)C(F)(F)C(C)(C)CC. The molecule has 0 rings (SSSR count). The Morgan fingerprint density at radius 1 is 0.769 bits per heavy atom. The maximum absolute atomic E-state index is 14.0. The molecule has 0 aliphatic heterocycles. The minimum Gasteiger partial charge on any atom is -0.206 e. The molecule has 2 heteroatoms. The van der Waals surface area contributed by atoms with E-state index in [0.29, 0.717) is 12.8 Å². The lowest BCUT2D eigenvalue weighted by molar-refractivity contribution is -0.189. The highest BCUT2D eigenvalue weighted by Crippen LogP contribution is 2.51. The van der Waals surface area contributed by atoms with Crippen LogP contribution in [0.15, 0.2) is 0 Å². The van der Waals surface area contributed by atoms with Crippen molar-refractivity contribution in [2.75, 3.05) is 0 Å². The Bertz CT molecular complexity index is 151. The molecule has 0 aliphatic carbocycles. The maximum atomic E-state index is 14.0. The Kier molecular flexibility index (Phi) is 3.51. The smallest absolute Gasteiger partial charge is 0.206 e. The fraction of sp³-hybridized carbons (Fsp3) is 1.00. The van der Waals surface area contributed by atoms with E-state index in [1.165, 1.54) is 0 Å². The fourth-order valence-electron chi connectivity index (χ4n) is 1.36. The first-order valence-corrected chi connectivity index (χ1v) is 5.00. The van der Waals surface area contributed by atoms with Crippen LogP contribution >= 0.6 is 0 Å². The standard InChI is InChI=1S/C11H22F2/c1-7-9(3,4)11(12,13)10(5,6)8-2/h7-8H2,1-6H3. The van der Waals surface area contributed by atoms with Gasteiger partial charge in [-0.2, -0.15) is 0 Å². The van der Waals surface area contributed by atoms with Gasteiger partial charge >= 0.3 is 0 Å². The van der Waals surface area contributed by atoms with Gasteiger partial charge in [-0.25, -0.2) is 8.78 Å². The Morgan fingerprint density at radius 3 is 1.15 bits per heavy atom. The van der Waals surface area contributed by atoms with Gasteiger partial charge in [0.05, 0.1) is 0 Å². The van der Waals surface area contributed by atoms with Gasteiger partial charge in [0.1, 0.15) is 0 Å². The van der Waals surface area contributed by atoms with Crippen molar-refractivity contribution in [1.29, 1.82) is 0 Å². The average molecular weight is 192 g/mol. The normalized spacial score (nSPS) is 14.8. The summed E-state index contributed by atoms with van der Waals surface area (Å²) in [6.07, 6.45) is 1.01. The van der Waals surface area contributed by atoms with Crippen molar-refractivity contribution < 1.29 is 8.78 Å². The zero-order valence-corrected chi connectivity index (χ0v) is 9.67. The Morgan fingerprint density at radius 2 is 1.00 bits per heavy atom. The predicted octanol–water partition coefficient (Wildman–Crippen LogP) is 4.49. The molecule has 0 N–H and O–H groups in total. The van der Waals surface area contributed by atoms with Crippen LogP contribution in [0.1, 0.15) is 54.4 Å². The molecule has 0 bridgehead atoms. The predicted molar refractivity (Wildman–Crippen MR) is 53.1 cm³/mol. The van der Waals surface area contributed by atoms with E-state index in [9.17, 15) is 8.78 Å². The van der Waals surface area contributed by atoms with Crippen molar-refractivity contribution in [1.82, 2.24) is 0 Å². The first-order chi connectivity index (χ1) is 5.62. The summed E-state index contributed by atoms with van der Waals surface area (Å²) < 4.78 is 28.0. The van der Waals surface area contributed by atoms with Gasteiger partial charge in [0.25, 0.3) is 5.92 Å². The summed E-state index contributed by atoms with van der Waals surface area (Å²) in [6.45, 7) is 10.2. The lowest BCUT2D eigenvalue weighted by Gasteiger charge is -2.43. The van der Waals surface area contributed by atoms with Crippen LogP contribution in [0.5, 0.6) is 0 Å². The van der Waals surface area contributed by atoms with Crippen LogP contribution in [0.4, 0.5) is 8.78 Å². The zero-order valence-electron chi connectivity index (χ0n) is 9.67. The van der Waals surface area contributed by atoms with Gasteiger partial charge in [-0.1, -0.05) is 41.5 Å². The third-order valence-electron chi connectivity index (χ3n) is 3.47. The Labute approximate surface area is 80.7 Å². The van der Waals surface area contributed by atoms with Crippen molar-refractivity contribution in [2.45, 2.75) is 60.3 Å². The van der Waals surface area contributed by atoms with E-state index in [1.807, 2.05) is 13.8 Å². The van der Waals surface area contributed by atoms with Crippen molar-refractivity contribution >= 4 is 0 Å². The van der Waals surface area contributed by atoms with Crippen LogP contribution < -0.4 is 0 Å². The maximum Gasteiger partial charge on any atom is 0.258 e. The highest BCUT2D eigenvalue weighted by Gasteiger charge is 2.55. The highest BCUT2D eigenvalue weighted by atomic mass is 19.3. The molecule has 0 fully saturated rings. The van der Waals surface area contributed by atoms with Crippen molar-refractivity contribution in [3.05, 3.63) is 0 Å². The van der Waals surface area contributed by atoms with Gasteiger partial charge in [-0.05, 0) is 12.8 Å². The Balaban J connectivity index is 4.95. The summed E-state index contributed by atoms with van der Waals surface area (Å²) in [5.41, 5.74) is -1.82. The van der Waals surface area contributed by atoms with Gasteiger partial charge in [0.2, 0.25) is 0 Å². The molecule has 0 radical (unpaired) electrons. The zero-order chi connectivity index (χ0) is 10.9. The van der Waals surface area contributed by atoms with E-state index >= 15 is 0 Å². The second-order valence-electron chi connectivity index (χ2n) is 5.05. The number of alkyl halides is 2. The van der Waals surface area contributed by atoms with Crippen LogP contribution in [0.3, 0.4) is 0 Å². The molecule has 0 heterocycles. The average Bonchev–Trinajstić information content (AvgIpc) is 2.03. The highest BCUT2D eigenvalue weighted by molar-refractivity contribution is 4.94. The molecule has 0 saturated heterocycles. The second kappa shape index (κ2) is 3.55. The summed E-state index contributed by atoms with van der Waals surface area (Å²) in [5.74, 6) is -2.61. The largest absolute Gasteiger partial charge is 0.258 e. The van der Waals surface area contributed by atoms with E-state index < -0.39 is 16.8 Å². The summed E-state index contributed by atoms with van der Waals surface area (Å²) in [4.78, 5) is 0. The quantitative estimate of drug-likeness (QED) is 0.615. The molecular formula is C11H22F2. The summed E-state index contributed by atoms with van der Waals surface area (Å²) in [6, 6.07) is 0. The van der Waals surface area contributed by atoms with Crippen LogP contribution in [-0.2, 0) is 0 Å². The van der Waals surface area contributed by atoms with E-state index in [4.69, 9.17) is 0 Å². The van der Waals surface area contributed by atoms with Gasteiger partial charge in [-0.3, -0.25) is 0 Å². The van der Waals surface area contributed by atoms with Gasteiger partial charge in [0, 0.05) is 10.8 Å². The third-order valence-corrected chi connectivity index (χ3v) is 3.47. The number of rotatable bonds is 4. The third kappa shape index (κ3) is 2.03. The number of hydrogen-bond donors (Lipinski definition) is 0. The second-order valence-corrected chi connectivity index (χ2v) is 5.05. The molecule has 0 aromatic carbocycles. The van der Waals surface area contributed by atoms with Gasteiger partial charge in [0.15, 0.2) is 0 Å². The first-order valence-electron chi connectivity index (χ1n) is 5.00. The summed E-state index contributed by atoms with van der Waals surface area (Å²) in [5, 5.41) is 0. The monoisotopic (exact) mass is 192 g/mol. The van der Waals surface area contributed by atoms with Gasteiger partial charge in [-0.15, -0.1) is 0 Å². The minimum atomic E-state index is -2.61. The van der Waals surface area contributed by atoms with E-state index in [1.54, 1.807) is 27.7 Å². The lowest BCUT2D eigenvalue weighted by Crippen LogP contribution is -2.47. The molecule has 0 aliphatic rings. The minimum absolute atomic E-state index is 0.503. The van der Waals surface area contributed by atoms with Crippen LogP contribution in [-0.4, -0.2) is 5.92 Å².